The van der Waals surface area contributed by atoms with Gasteiger partial charge >= 0.3 is 0 Å². The van der Waals surface area contributed by atoms with Crippen molar-refractivity contribution in [3.05, 3.63) is 48.6 Å². The summed E-state index contributed by atoms with van der Waals surface area (Å²) in [6.07, 6.45) is 8.77. The number of anilines is 2. The van der Waals surface area contributed by atoms with E-state index >= 15 is 0 Å². The van der Waals surface area contributed by atoms with Crippen LogP contribution in [0.15, 0.2) is 37.2 Å². The third kappa shape index (κ3) is 2.31. The number of amides is 1. The smallest absolute Gasteiger partial charge is 0.243 e. The number of aryl methyl sites for hydroxylation is 2. The van der Waals surface area contributed by atoms with Gasteiger partial charge in [-0.3, -0.25) is 14.7 Å². The number of fused-ring (bicyclic) bond motifs is 1. The van der Waals surface area contributed by atoms with Gasteiger partial charge in [-0.25, -0.2) is 15.0 Å². The predicted molar refractivity (Wildman–Crippen MR) is 93.4 cm³/mol. The van der Waals surface area contributed by atoms with Crippen molar-refractivity contribution in [2.45, 2.75) is 26.2 Å². The van der Waals surface area contributed by atoms with Crippen molar-refractivity contribution in [2.24, 2.45) is 7.05 Å². The lowest BCUT2D eigenvalue weighted by molar-refractivity contribution is -0.121. The van der Waals surface area contributed by atoms with E-state index < -0.39 is 5.41 Å². The normalized spacial score (nSPS) is 15.5. The van der Waals surface area contributed by atoms with Gasteiger partial charge in [0.25, 0.3) is 0 Å². The largest absolute Gasteiger partial charge is 0.338 e. The highest BCUT2D eigenvalue weighted by Crippen LogP contribution is 2.45. The number of nitrogens with zero attached hydrogens (tertiary/aromatic N) is 6. The number of rotatable bonds is 2. The molecule has 126 valence electrons. The van der Waals surface area contributed by atoms with Crippen LogP contribution in [-0.4, -0.2) is 30.4 Å². The summed E-state index contributed by atoms with van der Waals surface area (Å²) in [5.41, 5.74) is 2.58. The van der Waals surface area contributed by atoms with Crippen LogP contribution in [-0.2, 0) is 17.3 Å². The van der Waals surface area contributed by atoms with Gasteiger partial charge in [-0.1, -0.05) is 0 Å². The van der Waals surface area contributed by atoms with E-state index in [4.69, 9.17) is 0 Å². The van der Waals surface area contributed by atoms with Crippen LogP contribution in [0.3, 0.4) is 0 Å². The van der Waals surface area contributed by atoms with E-state index in [-0.39, 0.29) is 5.91 Å². The second-order valence-corrected chi connectivity index (χ2v) is 6.77. The lowest BCUT2D eigenvalue weighted by Gasteiger charge is -2.18. The molecule has 4 heterocycles. The molecular weight excluding hydrogens is 316 g/mol. The van der Waals surface area contributed by atoms with Gasteiger partial charge < -0.3 is 4.57 Å². The molecule has 0 saturated carbocycles. The summed E-state index contributed by atoms with van der Waals surface area (Å²) in [6, 6.07) is 1.91. The number of pyridine rings is 1. The molecule has 0 fully saturated rings. The molecule has 0 aliphatic carbocycles. The number of hydrogen-bond donors (Lipinski definition) is 0. The summed E-state index contributed by atoms with van der Waals surface area (Å²) in [7, 11) is 1.88. The Morgan fingerprint density at radius 3 is 2.40 bits per heavy atom. The molecule has 3 aromatic rings. The summed E-state index contributed by atoms with van der Waals surface area (Å²) in [6.45, 7) is 5.66. The second kappa shape index (κ2) is 5.20. The van der Waals surface area contributed by atoms with Crippen molar-refractivity contribution < 1.29 is 4.79 Å². The summed E-state index contributed by atoms with van der Waals surface area (Å²) in [5.74, 6) is 1.30. The minimum atomic E-state index is -0.651. The number of imidazole rings is 1. The van der Waals surface area contributed by atoms with Crippen LogP contribution in [0.2, 0.25) is 0 Å². The first-order valence-electron chi connectivity index (χ1n) is 8.00. The summed E-state index contributed by atoms with van der Waals surface area (Å²) < 4.78 is 1.82. The highest BCUT2D eigenvalue weighted by molar-refractivity contribution is 6.12. The Kier molecular flexibility index (Phi) is 3.21. The van der Waals surface area contributed by atoms with E-state index in [1.54, 1.807) is 29.8 Å². The molecule has 0 saturated heterocycles. The first kappa shape index (κ1) is 15.4. The maximum absolute atomic E-state index is 13.0. The van der Waals surface area contributed by atoms with Gasteiger partial charge in [0.05, 0.1) is 23.1 Å². The maximum atomic E-state index is 13.0. The van der Waals surface area contributed by atoms with Gasteiger partial charge in [0, 0.05) is 43.0 Å². The zero-order chi connectivity index (χ0) is 17.8. The third-order valence-corrected chi connectivity index (χ3v) is 4.53. The minimum Gasteiger partial charge on any atom is -0.338 e. The van der Waals surface area contributed by atoms with Gasteiger partial charge in [0.15, 0.2) is 5.82 Å². The molecule has 0 aromatic carbocycles. The van der Waals surface area contributed by atoms with Gasteiger partial charge in [0.2, 0.25) is 5.91 Å². The van der Waals surface area contributed by atoms with E-state index in [2.05, 4.69) is 19.9 Å². The zero-order valence-corrected chi connectivity index (χ0v) is 14.6. The lowest BCUT2D eigenvalue weighted by Crippen LogP contribution is -2.33. The Hall–Kier alpha value is -3.09. The van der Waals surface area contributed by atoms with Crippen LogP contribution in [0.25, 0.3) is 11.3 Å². The molecule has 7 nitrogen and oxygen atoms in total. The Balaban J connectivity index is 1.88. The van der Waals surface area contributed by atoms with Crippen LogP contribution in [0.5, 0.6) is 0 Å². The summed E-state index contributed by atoms with van der Waals surface area (Å²) >= 11 is 0. The average Bonchev–Trinajstić information content (AvgIpc) is 3.08. The summed E-state index contributed by atoms with van der Waals surface area (Å²) in [4.78, 5) is 32.0. The monoisotopic (exact) mass is 334 g/mol. The van der Waals surface area contributed by atoms with E-state index in [9.17, 15) is 4.79 Å². The fraction of sp³-hybridized carbons (Fsp3) is 0.278. The molecule has 0 unspecified atom stereocenters. The molecule has 0 atom stereocenters. The lowest BCUT2D eigenvalue weighted by atomic mass is 9.87. The maximum Gasteiger partial charge on any atom is 0.243 e. The van der Waals surface area contributed by atoms with Crippen molar-refractivity contribution in [1.29, 1.82) is 0 Å². The highest BCUT2D eigenvalue weighted by Gasteiger charge is 2.45. The van der Waals surface area contributed by atoms with Crippen LogP contribution >= 0.6 is 0 Å². The molecule has 1 amide bonds. The number of aromatic nitrogens is 5. The summed E-state index contributed by atoms with van der Waals surface area (Å²) in [5, 5.41) is 0. The Bertz CT molecular complexity index is 973. The van der Waals surface area contributed by atoms with Crippen molar-refractivity contribution >= 4 is 17.4 Å². The zero-order valence-electron chi connectivity index (χ0n) is 14.6. The van der Waals surface area contributed by atoms with E-state index in [1.165, 1.54) is 0 Å². The van der Waals surface area contributed by atoms with Crippen molar-refractivity contribution in [1.82, 2.24) is 24.5 Å². The quantitative estimate of drug-likeness (QED) is 0.720. The molecule has 0 radical (unpaired) electrons. The fourth-order valence-electron chi connectivity index (χ4n) is 3.04. The Labute approximate surface area is 145 Å². The van der Waals surface area contributed by atoms with E-state index in [1.807, 2.05) is 44.6 Å². The van der Waals surface area contributed by atoms with Gasteiger partial charge in [-0.05, 0) is 26.8 Å². The molecule has 25 heavy (non-hydrogen) atoms. The van der Waals surface area contributed by atoms with Crippen LogP contribution < -0.4 is 4.90 Å². The minimum absolute atomic E-state index is 0.0136. The highest BCUT2D eigenvalue weighted by atomic mass is 16.2. The van der Waals surface area contributed by atoms with Crippen LogP contribution in [0, 0.1) is 6.92 Å². The van der Waals surface area contributed by atoms with Crippen molar-refractivity contribution in [3.8, 4) is 11.3 Å². The number of carbonyl (C=O) groups excluding carboxylic acids is 1. The Morgan fingerprint density at radius 1 is 1.04 bits per heavy atom. The molecule has 4 rings (SSSR count). The van der Waals surface area contributed by atoms with Gasteiger partial charge in [0.1, 0.15) is 5.82 Å². The average molecular weight is 334 g/mol. The fourth-order valence-corrected chi connectivity index (χ4v) is 3.04. The van der Waals surface area contributed by atoms with Gasteiger partial charge in [-0.15, -0.1) is 0 Å². The molecule has 1 aliphatic heterocycles. The van der Waals surface area contributed by atoms with E-state index in [0.717, 1.165) is 22.5 Å². The van der Waals surface area contributed by atoms with E-state index in [0.29, 0.717) is 11.6 Å². The van der Waals surface area contributed by atoms with Gasteiger partial charge in [-0.2, -0.15) is 0 Å². The molecule has 1 aliphatic rings. The number of hydrogen-bond acceptors (Lipinski definition) is 5. The first-order valence-corrected chi connectivity index (χ1v) is 8.00. The molecular formula is C18H18N6O. The third-order valence-electron chi connectivity index (χ3n) is 4.53. The van der Waals surface area contributed by atoms with Crippen molar-refractivity contribution in [3.63, 3.8) is 0 Å². The molecule has 0 bridgehead atoms. The predicted octanol–water partition coefficient (Wildman–Crippen LogP) is 2.54. The van der Waals surface area contributed by atoms with Crippen LogP contribution in [0.1, 0.15) is 25.2 Å². The van der Waals surface area contributed by atoms with Crippen LogP contribution in [0.4, 0.5) is 11.5 Å². The van der Waals surface area contributed by atoms with Crippen molar-refractivity contribution in [2.75, 3.05) is 4.90 Å². The SMILES string of the molecule is Cc1ncc(-c2cc3c(cn2)C(C)(C)C(=O)N3c2cn(C)cn2)cn1. The molecule has 0 spiro atoms. The standard InChI is InChI=1S/C18H18N6O/c1-11-19-6-12(7-20-11)14-5-15-13(8-21-14)18(2,3)17(25)24(15)16-9-23(4)10-22-16/h5-10H,1-4H3. The topological polar surface area (TPSA) is 76.8 Å². The Morgan fingerprint density at radius 2 is 1.76 bits per heavy atom. The number of carbonyl (C=O) groups is 1. The molecule has 3 aromatic heterocycles. The molecule has 0 N–H and O–H groups in total. The molecule has 7 heteroatoms. The first-order chi connectivity index (χ1) is 11.9. The second-order valence-electron chi connectivity index (χ2n) is 6.77.